The fourth-order valence-electron chi connectivity index (χ4n) is 6.96. The van der Waals surface area contributed by atoms with Crippen LogP contribution in [0.1, 0.15) is 0 Å². The second-order valence-corrected chi connectivity index (χ2v) is 13.5. The van der Waals surface area contributed by atoms with Crippen molar-refractivity contribution in [3.63, 3.8) is 0 Å². The van der Waals surface area contributed by atoms with Gasteiger partial charge in [-0.15, -0.1) is 0 Å². The molecule has 7 heteroatoms. The van der Waals surface area contributed by atoms with E-state index in [0.29, 0.717) is 23.2 Å². The van der Waals surface area contributed by atoms with Crippen molar-refractivity contribution in [3.8, 4) is 79.1 Å². The van der Waals surface area contributed by atoms with Gasteiger partial charge in [0.1, 0.15) is 11.4 Å². The van der Waals surface area contributed by atoms with E-state index in [0.717, 1.165) is 61.4 Å². The first-order valence-corrected chi connectivity index (χ1v) is 18.4. The van der Waals surface area contributed by atoms with Crippen LogP contribution in [0.25, 0.3) is 101 Å². The van der Waals surface area contributed by atoms with Gasteiger partial charge in [0, 0.05) is 40.8 Å². The van der Waals surface area contributed by atoms with E-state index in [2.05, 4.69) is 113 Å². The van der Waals surface area contributed by atoms with E-state index < -0.39 is 0 Å². The van der Waals surface area contributed by atoms with E-state index in [9.17, 15) is 0 Å². The molecular formula is C49H31N7. The molecule has 0 spiro atoms. The predicted octanol–water partition coefficient (Wildman–Crippen LogP) is 11.4. The molecular weight excluding hydrogens is 687 g/mol. The minimum Gasteiger partial charge on any atom is -0.264 e. The molecule has 0 aliphatic heterocycles. The van der Waals surface area contributed by atoms with E-state index in [1.807, 2.05) is 66.7 Å². The number of aromatic nitrogens is 7. The highest BCUT2D eigenvalue weighted by molar-refractivity contribution is 5.89. The summed E-state index contributed by atoms with van der Waals surface area (Å²) in [5.41, 5.74) is 11.8. The van der Waals surface area contributed by atoms with Gasteiger partial charge in [-0.3, -0.25) is 9.97 Å². The Morgan fingerprint density at radius 1 is 0.304 bits per heavy atom. The van der Waals surface area contributed by atoms with E-state index >= 15 is 0 Å². The van der Waals surface area contributed by atoms with Crippen LogP contribution in [0.3, 0.4) is 0 Å². The normalized spacial score (nSPS) is 11.2. The average molecular weight is 718 g/mol. The monoisotopic (exact) mass is 717 g/mol. The van der Waals surface area contributed by atoms with Crippen LogP contribution in [-0.2, 0) is 0 Å². The van der Waals surface area contributed by atoms with Crippen LogP contribution < -0.4 is 0 Å². The molecule has 10 rings (SSSR count). The zero-order valence-electron chi connectivity index (χ0n) is 30.0. The maximum absolute atomic E-state index is 5.10. The van der Waals surface area contributed by atoms with E-state index in [-0.39, 0.29) is 0 Å². The Kier molecular flexibility index (Phi) is 8.35. The minimum absolute atomic E-state index is 0.603. The molecule has 0 atom stereocenters. The SMILES string of the molecule is c1ccc(-c2nc(-c3ccc(-c4ccc5ccccc5c4)cc3)nc(-c3ccc(-c4ccc5nc(-c6cccnc6)c(-c6ccccn6)nc5c4)cc3)n2)cc1. The molecule has 0 amide bonds. The Labute approximate surface area is 323 Å². The number of nitrogens with zero attached hydrogens (tertiary/aromatic N) is 7. The van der Waals surface area contributed by atoms with Gasteiger partial charge in [0.05, 0.1) is 16.7 Å². The second-order valence-electron chi connectivity index (χ2n) is 13.5. The molecule has 0 unspecified atom stereocenters. The summed E-state index contributed by atoms with van der Waals surface area (Å²) in [6.07, 6.45) is 5.33. The maximum Gasteiger partial charge on any atom is 0.164 e. The lowest BCUT2D eigenvalue weighted by molar-refractivity contribution is 1.07. The van der Waals surface area contributed by atoms with Crippen molar-refractivity contribution in [3.05, 3.63) is 188 Å². The van der Waals surface area contributed by atoms with Crippen LogP contribution in [0.2, 0.25) is 0 Å². The summed E-state index contributed by atoms with van der Waals surface area (Å²) in [4.78, 5) is 34.0. The molecule has 0 radical (unpaired) electrons. The summed E-state index contributed by atoms with van der Waals surface area (Å²) in [5, 5.41) is 2.44. The van der Waals surface area contributed by atoms with Crippen LogP contribution in [0.4, 0.5) is 0 Å². The molecule has 10 aromatic rings. The van der Waals surface area contributed by atoms with Gasteiger partial charge in [-0.1, -0.05) is 127 Å². The Morgan fingerprint density at radius 2 is 0.857 bits per heavy atom. The van der Waals surface area contributed by atoms with Crippen molar-refractivity contribution in [1.82, 2.24) is 34.9 Å². The number of hydrogen-bond acceptors (Lipinski definition) is 7. The van der Waals surface area contributed by atoms with Gasteiger partial charge < -0.3 is 0 Å². The van der Waals surface area contributed by atoms with Crippen molar-refractivity contribution >= 4 is 21.8 Å². The number of pyridine rings is 2. The van der Waals surface area contributed by atoms with Gasteiger partial charge in [0.15, 0.2) is 17.5 Å². The van der Waals surface area contributed by atoms with Crippen molar-refractivity contribution < 1.29 is 0 Å². The lowest BCUT2D eigenvalue weighted by atomic mass is 10.00. The van der Waals surface area contributed by atoms with Crippen LogP contribution >= 0.6 is 0 Å². The highest BCUT2D eigenvalue weighted by Gasteiger charge is 2.16. The zero-order chi connectivity index (χ0) is 37.3. The largest absolute Gasteiger partial charge is 0.264 e. The smallest absolute Gasteiger partial charge is 0.164 e. The summed E-state index contributed by atoms with van der Waals surface area (Å²) in [6, 6.07) is 57.7. The average Bonchev–Trinajstić information content (AvgIpc) is 3.29. The van der Waals surface area contributed by atoms with Crippen LogP contribution in [0, 0.1) is 0 Å². The van der Waals surface area contributed by atoms with Gasteiger partial charge in [-0.2, -0.15) is 0 Å². The summed E-state index contributed by atoms with van der Waals surface area (Å²) in [5.74, 6) is 1.84. The maximum atomic E-state index is 5.10. The third-order valence-corrected chi connectivity index (χ3v) is 9.88. The fourth-order valence-corrected chi connectivity index (χ4v) is 6.96. The lowest BCUT2D eigenvalue weighted by Gasteiger charge is -2.11. The molecule has 4 heterocycles. The lowest BCUT2D eigenvalue weighted by Crippen LogP contribution is -2.00. The zero-order valence-corrected chi connectivity index (χ0v) is 30.0. The highest BCUT2D eigenvalue weighted by Crippen LogP contribution is 2.33. The van der Waals surface area contributed by atoms with Crippen molar-refractivity contribution in [1.29, 1.82) is 0 Å². The van der Waals surface area contributed by atoms with Gasteiger partial charge in [-0.05, 0) is 75.5 Å². The molecule has 0 saturated carbocycles. The number of fused-ring (bicyclic) bond motifs is 2. The van der Waals surface area contributed by atoms with E-state index in [1.165, 1.54) is 16.3 Å². The molecule has 0 fully saturated rings. The first kappa shape index (κ1) is 32.8. The van der Waals surface area contributed by atoms with Crippen LogP contribution in [0.5, 0.6) is 0 Å². The predicted molar refractivity (Wildman–Crippen MR) is 224 cm³/mol. The summed E-state index contributed by atoms with van der Waals surface area (Å²) < 4.78 is 0. The van der Waals surface area contributed by atoms with E-state index in [1.54, 1.807) is 18.6 Å². The minimum atomic E-state index is 0.603. The molecule has 0 aliphatic carbocycles. The van der Waals surface area contributed by atoms with Gasteiger partial charge in [0.2, 0.25) is 0 Å². The Bertz CT molecular complexity index is 2990. The molecule has 0 aliphatic rings. The molecule has 0 N–H and O–H groups in total. The Balaban J connectivity index is 0.996. The fraction of sp³-hybridized carbons (Fsp3) is 0. The first-order valence-electron chi connectivity index (χ1n) is 18.4. The molecule has 0 bridgehead atoms. The summed E-state index contributed by atoms with van der Waals surface area (Å²) in [7, 11) is 0. The standard InChI is InChI=1S/C49H31N7/c1-2-10-35(11-3-1)47-54-48(36-20-15-33(16-21-36)39-24-19-32-9-4-5-12-38(32)29-39)56-49(55-47)37-22-17-34(18-23-37)40-25-26-42-44(30-40)53-46(43-14-6-7-28-51-43)45(52-42)41-13-8-27-50-31-41/h1-31H. The molecule has 262 valence electrons. The third kappa shape index (κ3) is 6.44. The molecule has 56 heavy (non-hydrogen) atoms. The van der Waals surface area contributed by atoms with Crippen molar-refractivity contribution in [2.24, 2.45) is 0 Å². The topological polar surface area (TPSA) is 90.2 Å². The Morgan fingerprint density at radius 3 is 1.52 bits per heavy atom. The van der Waals surface area contributed by atoms with E-state index in [4.69, 9.17) is 24.9 Å². The van der Waals surface area contributed by atoms with Crippen LogP contribution in [0.15, 0.2) is 188 Å². The van der Waals surface area contributed by atoms with Crippen molar-refractivity contribution in [2.75, 3.05) is 0 Å². The molecule has 7 nitrogen and oxygen atoms in total. The number of hydrogen-bond donors (Lipinski definition) is 0. The molecule has 4 aromatic heterocycles. The third-order valence-electron chi connectivity index (χ3n) is 9.88. The van der Waals surface area contributed by atoms with Gasteiger partial charge in [-0.25, -0.2) is 24.9 Å². The number of benzene rings is 6. The Hall–Kier alpha value is -7.77. The summed E-state index contributed by atoms with van der Waals surface area (Å²) in [6.45, 7) is 0. The second kappa shape index (κ2) is 14.2. The highest BCUT2D eigenvalue weighted by atomic mass is 15.0. The molecule has 6 aromatic carbocycles. The van der Waals surface area contributed by atoms with Gasteiger partial charge in [0.25, 0.3) is 0 Å². The van der Waals surface area contributed by atoms with Crippen LogP contribution in [-0.4, -0.2) is 34.9 Å². The summed E-state index contributed by atoms with van der Waals surface area (Å²) >= 11 is 0. The molecule has 0 saturated heterocycles. The van der Waals surface area contributed by atoms with Crippen molar-refractivity contribution in [2.45, 2.75) is 0 Å². The van der Waals surface area contributed by atoms with Gasteiger partial charge >= 0.3 is 0 Å². The quantitative estimate of drug-likeness (QED) is 0.162. The first-order chi connectivity index (χ1) is 27.7. The number of rotatable bonds is 7.